The zero-order valence-electron chi connectivity index (χ0n) is 14.7. The number of hydrogen-bond acceptors (Lipinski definition) is 6. The topological polar surface area (TPSA) is 70.4 Å². The average Bonchev–Trinajstić information content (AvgIpc) is 3.00. The summed E-state index contributed by atoms with van der Waals surface area (Å²) in [6, 6.07) is -0.648. The summed E-state index contributed by atoms with van der Waals surface area (Å²) in [7, 11) is 0. The Morgan fingerprint density at radius 1 is 1.32 bits per heavy atom. The molecule has 1 atom stereocenters. The molecule has 1 aliphatic carbocycles. The summed E-state index contributed by atoms with van der Waals surface area (Å²) in [6.45, 7) is 4.90. The molecule has 6 nitrogen and oxygen atoms in total. The Labute approximate surface area is 150 Å². The van der Waals surface area contributed by atoms with Crippen LogP contribution in [0.1, 0.15) is 49.6 Å². The van der Waals surface area contributed by atoms with Crippen LogP contribution in [0, 0.1) is 0 Å². The van der Waals surface area contributed by atoms with Crippen LogP contribution < -0.4 is 5.56 Å². The van der Waals surface area contributed by atoms with E-state index in [-0.39, 0.29) is 12.2 Å². The minimum Gasteiger partial charge on any atom is -0.462 e. The lowest BCUT2D eigenvalue weighted by molar-refractivity contribution is -0.149. The van der Waals surface area contributed by atoms with Crippen molar-refractivity contribution in [1.29, 1.82) is 0 Å². The van der Waals surface area contributed by atoms with Crippen LogP contribution in [-0.2, 0) is 27.1 Å². The van der Waals surface area contributed by atoms with Crippen molar-refractivity contribution in [3.05, 3.63) is 27.1 Å². The summed E-state index contributed by atoms with van der Waals surface area (Å²) in [5.41, 5.74) is 1.01. The zero-order chi connectivity index (χ0) is 17.8. The van der Waals surface area contributed by atoms with E-state index in [0.29, 0.717) is 25.0 Å². The van der Waals surface area contributed by atoms with E-state index < -0.39 is 12.0 Å². The Balaban J connectivity index is 1.90. The summed E-state index contributed by atoms with van der Waals surface area (Å²) >= 11 is 1.61. The normalized spacial score (nSPS) is 15.1. The Morgan fingerprint density at radius 3 is 2.88 bits per heavy atom. The highest BCUT2D eigenvalue weighted by Crippen LogP contribution is 2.33. The van der Waals surface area contributed by atoms with Gasteiger partial charge in [-0.1, -0.05) is 6.92 Å². The van der Waals surface area contributed by atoms with Crippen LogP contribution in [0.15, 0.2) is 11.1 Å². The largest absolute Gasteiger partial charge is 0.462 e. The molecule has 25 heavy (non-hydrogen) atoms. The number of rotatable bonds is 7. The maximum Gasteiger partial charge on any atom is 0.329 e. The fourth-order valence-electron chi connectivity index (χ4n) is 3.30. The van der Waals surface area contributed by atoms with Crippen LogP contribution in [0.25, 0.3) is 10.2 Å². The van der Waals surface area contributed by atoms with Crippen LogP contribution in [0.5, 0.6) is 0 Å². The Morgan fingerprint density at radius 2 is 2.12 bits per heavy atom. The number of aryl methyl sites for hydroxylation is 2. The molecule has 0 saturated heterocycles. The molecule has 3 rings (SSSR count). The second kappa shape index (κ2) is 8.10. The highest BCUT2D eigenvalue weighted by Gasteiger charge is 2.25. The predicted octanol–water partition coefficient (Wildman–Crippen LogP) is 2.87. The molecule has 7 heteroatoms. The van der Waals surface area contributed by atoms with Gasteiger partial charge in [-0.15, -0.1) is 11.3 Å². The second-order valence-corrected chi connectivity index (χ2v) is 7.22. The highest BCUT2D eigenvalue weighted by atomic mass is 32.1. The maximum absolute atomic E-state index is 13.0. The highest BCUT2D eigenvalue weighted by molar-refractivity contribution is 7.18. The van der Waals surface area contributed by atoms with Crippen LogP contribution >= 0.6 is 11.3 Å². The molecule has 0 amide bonds. The molecule has 2 aromatic rings. The van der Waals surface area contributed by atoms with Gasteiger partial charge in [-0.05, 0) is 44.6 Å². The molecular formula is C18H24N2O4S. The quantitative estimate of drug-likeness (QED) is 0.558. The zero-order valence-corrected chi connectivity index (χ0v) is 15.6. The van der Waals surface area contributed by atoms with Crippen molar-refractivity contribution < 1.29 is 14.3 Å². The summed E-state index contributed by atoms with van der Waals surface area (Å²) in [6.07, 6.45) is 6.18. The van der Waals surface area contributed by atoms with Crippen LogP contribution in [-0.4, -0.2) is 35.3 Å². The van der Waals surface area contributed by atoms with Gasteiger partial charge in [0.25, 0.3) is 5.56 Å². The molecule has 0 N–H and O–H groups in total. The molecule has 0 spiro atoms. The van der Waals surface area contributed by atoms with E-state index in [4.69, 9.17) is 9.47 Å². The van der Waals surface area contributed by atoms with Crippen molar-refractivity contribution >= 4 is 27.5 Å². The van der Waals surface area contributed by atoms with Gasteiger partial charge in [0.15, 0.2) is 0 Å². The van der Waals surface area contributed by atoms with E-state index in [1.807, 2.05) is 13.8 Å². The maximum atomic E-state index is 13.0. The molecule has 2 aromatic heterocycles. The van der Waals surface area contributed by atoms with Crippen molar-refractivity contribution in [2.45, 2.75) is 52.0 Å². The SMILES string of the molecule is CCOCCOC(=O)C(CC)n1cnc2sc3c(c2c1=O)CCCC3. The lowest BCUT2D eigenvalue weighted by Crippen LogP contribution is -2.31. The number of hydrogen-bond donors (Lipinski definition) is 0. The molecule has 2 heterocycles. The Kier molecular flexibility index (Phi) is 5.86. The lowest BCUT2D eigenvalue weighted by Gasteiger charge is -2.17. The fourth-order valence-corrected chi connectivity index (χ4v) is 4.52. The van der Waals surface area contributed by atoms with Gasteiger partial charge in [0.2, 0.25) is 0 Å². The molecule has 136 valence electrons. The molecule has 0 radical (unpaired) electrons. The van der Waals surface area contributed by atoms with Gasteiger partial charge < -0.3 is 9.47 Å². The third-order valence-corrected chi connectivity index (χ3v) is 5.77. The monoisotopic (exact) mass is 364 g/mol. The van der Waals surface area contributed by atoms with E-state index in [0.717, 1.165) is 36.1 Å². The van der Waals surface area contributed by atoms with Gasteiger partial charge in [-0.25, -0.2) is 9.78 Å². The average molecular weight is 364 g/mol. The summed E-state index contributed by atoms with van der Waals surface area (Å²) in [5, 5.41) is 0.697. The third kappa shape index (κ3) is 3.62. The lowest BCUT2D eigenvalue weighted by atomic mass is 9.97. The number of ether oxygens (including phenoxy) is 2. The van der Waals surface area contributed by atoms with Crippen LogP contribution in [0.2, 0.25) is 0 Å². The molecule has 0 aliphatic heterocycles. The molecule has 0 fully saturated rings. The van der Waals surface area contributed by atoms with Gasteiger partial charge in [-0.3, -0.25) is 9.36 Å². The molecule has 0 aromatic carbocycles. The third-order valence-electron chi connectivity index (χ3n) is 4.57. The number of aromatic nitrogens is 2. The van der Waals surface area contributed by atoms with Gasteiger partial charge in [0, 0.05) is 11.5 Å². The minimum atomic E-state index is -0.648. The second-order valence-electron chi connectivity index (χ2n) is 6.14. The number of carbonyl (C=O) groups excluding carboxylic acids is 1. The first-order chi connectivity index (χ1) is 12.2. The summed E-state index contributed by atoms with van der Waals surface area (Å²) < 4.78 is 11.9. The molecule has 1 unspecified atom stereocenters. The minimum absolute atomic E-state index is 0.127. The number of carbonyl (C=O) groups is 1. The number of thiophene rings is 1. The molecule has 1 aliphatic rings. The van der Waals surface area contributed by atoms with Crippen molar-refractivity contribution in [1.82, 2.24) is 9.55 Å². The van der Waals surface area contributed by atoms with E-state index in [2.05, 4.69) is 4.98 Å². The fraction of sp³-hybridized carbons (Fsp3) is 0.611. The van der Waals surface area contributed by atoms with Gasteiger partial charge in [-0.2, -0.15) is 0 Å². The predicted molar refractivity (Wildman–Crippen MR) is 97.3 cm³/mol. The van der Waals surface area contributed by atoms with Crippen molar-refractivity contribution in [2.24, 2.45) is 0 Å². The van der Waals surface area contributed by atoms with Crippen molar-refractivity contribution in [3.8, 4) is 0 Å². The van der Waals surface area contributed by atoms with E-state index >= 15 is 0 Å². The Bertz CT molecular complexity index is 811. The van der Waals surface area contributed by atoms with Crippen molar-refractivity contribution in [2.75, 3.05) is 19.8 Å². The van der Waals surface area contributed by atoms with Crippen molar-refractivity contribution in [3.63, 3.8) is 0 Å². The van der Waals surface area contributed by atoms with Crippen LogP contribution in [0.4, 0.5) is 0 Å². The Hall–Kier alpha value is -1.73. The number of nitrogens with zero attached hydrogens (tertiary/aromatic N) is 2. The smallest absolute Gasteiger partial charge is 0.329 e. The molecular weight excluding hydrogens is 340 g/mol. The van der Waals surface area contributed by atoms with Gasteiger partial charge >= 0.3 is 5.97 Å². The first-order valence-corrected chi connectivity index (χ1v) is 9.74. The van der Waals surface area contributed by atoms with Crippen LogP contribution in [0.3, 0.4) is 0 Å². The number of esters is 1. The molecule has 0 saturated carbocycles. The van der Waals surface area contributed by atoms with Gasteiger partial charge in [0.05, 0.1) is 18.3 Å². The first kappa shape index (κ1) is 18.1. The standard InChI is InChI=1S/C18H24N2O4S/c1-3-13(18(22)24-10-9-23-4-2)20-11-19-16-15(17(20)21)12-7-5-6-8-14(12)25-16/h11,13H,3-10H2,1-2H3. The summed E-state index contributed by atoms with van der Waals surface area (Å²) in [4.78, 5) is 31.9. The first-order valence-electron chi connectivity index (χ1n) is 8.93. The van der Waals surface area contributed by atoms with E-state index in [9.17, 15) is 9.59 Å². The van der Waals surface area contributed by atoms with Gasteiger partial charge in [0.1, 0.15) is 17.5 Å². The summed E-state index contributed by atoms with van der Waals surface area (Å²) in [5.74, 6) is -0.408. The van der Waals surface area contributed by atoms with E-state index in [1.165, 1.54) is 15.8 Å². The molecule has 0 bridgehead atoms. The number of fused-ring (bicyclic) bond motifs is 3. The van der Waals surface area contributed by atoms with E-state index in [1.54, 1.807) is 11.3 Å².